The van der Waals surface area contributed by atoms with E-state index in [1.807, 2.05) is 31.4 Å². The van der Waals surface area contributed by atoms with E-state index in [2.05, 4.69) is 18.0 Å². The van der Waals surface area contributed by atoms with Gasteiger partial charge in [-0.05, 0) is 37.5 Å². The Morgan fingerprint density at radius 2 is 2.00 bits per heavy atom. The SMILES string of the molecule is Cc1nc(C(O)c2cccc(C)c2C)cs1. The van der Waals surface area contributed by atoms with Gasteiger partial charge in [0.15, 0.2) is 0 Å². The van der Waals surface area contributed by atoms with Crippen molar-refractivity contribution < 1.29 is 5.11 Å². The first-order valence-electron chi connectivity index (χ1n) is 5.26. The molecule has 0 spiro atoms. The lowest BCUT2D eigenvalue weighted by atomic mass is 9.98. The van der Waals surface area contributed by atoms with Crippen LogP contribution >= 0.6 is 11.3 Å². The van der Waals surface area contributed by atoms with Crippen molar-refractivity contribution in [2.24, 2.45) is 0 Å². The standard InChI is InChI=1S/C13H15NOS/c1-8-5-4-6-11(9(8)2)13(15)12-7-16-10(3)14-12/h4-7,13,15H,1-3H3. The number of thiazole rings is 1. The highest BCUT2D eigenvalue weighted by Gasteiger charge is 2.15. The molecule has 2 aromatic rings. The summed E-state index contributed by atoms with van der Waals surface area (Å²) in [5.41, 5.74) is 4.03. The molecule has 0 fully saturated rings. The van der Waals surface area contributed by atoms with Gasteiger partial charge in [0.05, 0.1) is 10.7 Å². The average Bonchev–Trinajstić information content (AvgIpc) is 2.68. The maximum atomic E-state index is 10.3. The third kappa shape index (κ3) is 2.01. The van der Waals surface area contributed by atoms with Gasteiger partial charge in [0.25, 0.3) is 0 Å². The van der Waals surface area contributed by atoms with Gasteiger partial charge in [-0.1, -0.05) is 18.2 Å². The first-order valence-corrected chi connectivity index (χ1v) is 6.13. The molecule has 0 radical (unpaired) electrons. The Balaban J connectivity index is 2.41. The molecule has 0 saturated heterocycles. The summed E-state index contributed by atoms with van der Waals surface area (Å²) in [6.45, 7) is 6.04. The largest absolute Gasteiger partial charge is 0.382 e. The molecule has 0 aliphatic rings. The molecule has 2 nitrogen and oxygen atoms in total. The Bertz CT molecular complexity index is 504. The predicted molar refractivity (Wildman–Crippen MR) is 66.8 cm³/mol. The molecule has 0 saturated carbocycles. The molecule has 1 unspecified atom stereocenters. The van der Waals surface area contributed by atoms with Crippen molar-refractivity contribution in [1.82, 2.24) is 4.98 Å². The number of hydrogen-bond acceptors (Lipinski definition) is 3. The molecule has 0 bridgehead atoms. The highest BCUT2D eigenvalue weighted by atomic mass is 32.1. The van der Waals surface area contributed by atoms with E-state index in [1.165, 1.54) is 5.56 Å². The van der Waals surface area contributed by atoms with Gasteiger partial charge >= 0.3 is 0 Å². The number of aliphatic hydroxyl groups excluding tert-OH is 1. The minimum absolute atomic E-state index is 0.607. The topological polar surface area (TPSA) is 33.1 Å². The zero-order chi connectivity index (χ0) is 11.7. The second-order valence-corrected chi connectivity index (χ2v) is 5.05. The summed E-state index contributed by atoms with van der Waals surface area (Å²) in [7, 11) is 0. The molecule has 0 aliphatic carbocycles. The van der Waals surface area contributed by atoms with Gasteiger partial charge in [-0.15, -0.1) is 11.3 Å². The second-order valence-electron chi connectivity index (χ2n) is 3.98. The molecule has 16 heavy (non-hydrogen) atoms. The van der Waals surface area contributed by atoms with E-state index in [0.717, 1.165) is 21.8 Å². The molecule has 1 aromatic carbocycles. The van der Waals surface area contributed by atoms with Gasteiger partial charge in [-0.25, -0.2) is 4.98 Å². The van der Waals surface area contributed by atoms with Crippen LogP contribution in [-0.2, 0) is 0 Å². The number of aromatic nitrogens is 1. The van der Waals surface area contributed by atoms with Gasteiger partial charge in [0.2, 0.25) is 0 Å². The van der Waals surface area contributed by atoms with Crippen LogP contribution in [0.3, 0.4) is 0 Å². The third-order valence-corrected chi connectivity index (χ3v) is 3.65. The molecular weight excluding hydrogens is 218 g/mol. The molecule has 0 amide bonds. The van der Waals surface area contributed by atoms with Gasteiger partial charge in [0, 0.05) is 5.38 Å². The number of aliphatic hydroxyl groups is 1. The van der Waals surface area contributed by atoms with Crippen molar-refractivity contribution in [3.05, 3.63) is 51.0 Å². The molecule has 84 valence electrons. The van der Waals surface area contributed by atoms with Crippen LogP contribution in [0.4, 0.5) is 0 Å². The van der Waals surface area contributed by atoms with Gasteiger partial charge in [-0.2, -0.15) is 0 Å². The predicted octanol–water partition coefficient (Wildman–Crippen LogP) is 3.15. The van der Waals surface area contributed by atoms with Crippen molar-refractivity contribution in [3.63, 3.8) is 0 Å². The molecule has 2 rings (SSSR count). The van der Waals surface area contributed by atoms with Crippen molar-refractivity contribution in [2.75, 3.05) is 0 Å². The van der Waals surface area contributed by atoms with E-state index in [-0.39, 0.29) is 0 Å². The number of benzene rings is 1. The summed E-state index contributed by atoms with van der Waals surface area (Å²) in [5.74, 6) is 0. The summed E-state index contributed by atoms with van der Waals surface area (Å²) >= 11 is 1.57. The first-order chi connectivity index (χ1) is 7.59. The van der Waals surface area contributed by atoms with E-state index >= 15 is 0 Å². The molecule has 1 aromatic heterocycles. The lowest BCUT2D eigenvalue weighted by Crippen LogP contribution is -2.03. The highest BCUT2D eigenvalue weighted by Crippen LogP contribution is 2.26. The second kappa shape index (κ2) is 4.36. The van der Waals surface area contributed by atoms with Crippen LogP contribution in [0.25, 0.3) is 0 Å². The van der Waals surface area contributed by atoms with Crippen molar-refractivity contribution in [3.8, 4) is 0 Å². The Labute approximate surface area is 99.6 Å². The summed E-state index contributed by atoms with van der Waals surface area (Å²) in [6.07, 6.45) is -0.607. The van der Waals surface area contributed by atoms with Crippen LogP contribution in [0.1, 0.15) is 33.5 Å². The summed E-state index contributed by atoms with van der Waals surface area (Å²) in [4.78, 5) is 4.33. The van der Waals surface area contributed by atoms with Crippen molar-refractivity contribution in [2.45, 2.75) is 26.9 Å². The third-order valence-electron chi connectivity index (χ3n) is 2.86. The maximum absolute atomic E-state index is 10.3. The van der Waals surface area contributed by atoms with E-state index < -0.39 is 6.10 Å². The fourth-order valence-corrected chi connectivity index (χ4v) is 2.37. The van der Waals surface area contributed by atoms with Crippen molar-refractivity contribution >= 4 is 11.3 Å². The smallest absolute Gasteiger partial charge is 0.122 e. The van der Waals surface area contributed by atoms with E-state index in [9.17, 15) is 5.11 Å². The Hall–Kier alpha value is -1.19. The van der Waals surface area contributed by atoms with Crippen molar-refractivity contribution in [1.29, 1.82) is 0 Å². The van der Waals surface area contributed by atoms with Gasteiger partial charge in [0.1, 0.15) is 6.10 Å². The fraction of sp³-hybridized carbons (Fsp3) is 0.308. The summed E-state index contributed by atoms with van der Waals surface area (Å²) < 4.78 is 0. The molecule has 3 heteroatoms. The molecular formula is C13H15NOS. The lowest BCUT2D eigenvalue weighted by Gasteiger charge is -2.13. The van der Waals surface area contributed by atoms with Crippen LogP contribution in [0.15, 0.2) is 23.6 Å². The number of nitrogens with zero attached hydrogens (tertiary/aromatic N) is 1. The monoisotopic (exact) mass is 233 g/mol. The van der Waals surface area contributed by atoms with Gasteiger partial charge < -0.3 is 5.11 Å². The summed E-state index contributed by atoms with van der Waals surface area (Å²) in [6, 6.07) is 5.99. The fourth-order valence-electron chi connectivity index (χ4n) is 1.74. The van der Waals surface area contributed by atoms with Crippen LogP contribution in [0.5, 0.6) is 0 Å². The van der Waals surface area contributed by atoms with E-state index in [0.29, 0.717) is 0 Å². The Morgan fingerprint density at radius 3 is 2.62 bits per heavy atom. The van der Waals surface area contributed by atoms with E-state index in [4.69, 9.17) is 0 Å². The molecule has 1 N–H and O–H groups in total. The molecule has 0 aliphatic heterocycles. The normalized spacial score (nSPS) is 12.8. The first kappa shape index (κ1) is 11.3. The maximum Gasteiger partial charge on any atom is 0.122 e. The Morgan fingerprint density at radius 1 is 1.25 bits per heavy atom. The zero-order valence-corrected chi connectivity index (χ0v) is 10.5. The van der Waals surface area contributed by atoms with Crippen LogP contribution in [-0.4, -0.2) is 10.1 Å². The molecule has 1 heterocycles. The minimum atomic E-state index is -0.607. The number of rotatable bonds is 2. The number of hydrogen-bond donors (Lipinski definition) is 1. The van der Waals surface area contributed by atoms with Gasteiger partial charge in [-0.3, -0.25) is 0 Å². The van der Waals surface area contributed by atoms with Crippen LogP contribution in [0.2, 0.25) is 0 Å². The minimum Gasteiger partial charge on any atom is -0.382 e. The molecule has 1 atom stereocenters. The average molecular weight is 233 g/mol. The highest BCUT2D eigenvalue weighted by molar-refractivity contribution is 7.09. The van der Waals surface area contributed by atoms with E-state index in [1.54, 1.807) is 11.3 Å². The number of aryl methyl sites for hydroxylation is 2. The lowest BCUT2D eigenvalue weighted by molar-refractivity contribution is 0.215. The van der Waals surface area contributed by atoms with Crippen LogP contribution in [0, 0.1) is 20.8 Å². The summed E-state index contributed by atoms with van der Waals surface area (Å²) in [5, 5.41) is 13.2. The van der Waals surface area contributed by atoms with Crippen LogP contribution < -0.4 is 0 Å². The zero-order valence-electron chi connectivity index (χ0n) is 9.69. The Kier molecular flexibility index (Phi) is 3.08. The quantitative estimate of drug-likeness (QED) is 0.864.